The predicted octanol–water partition coefficient (Wildman–Crippen LogP) is 6.30. The van der Waals surface area contributed by atoms with Gasteiger partial charge < -0.3 is 9.40 Å². The Kier molecular flexibility index (Phi) is 5.70. The molecule has 2 atom stereocenters. The summed E-state index contributed by atoms with van der Waals surface area (Å²) in [5.41, 5.74) is 4.50. The molecule has 0 bridgehead atoms. The summed E-state index contributed by atoms with van der Waals surface area (Å²) in [6, 6.07) is 15.0. The van der Waals surface area contributed by atoms with E-state index < -0.39 is 0 Å². The second kappa shape index (κ2) is 8.40. The monoisotopic (exact) mass is 390 g/mol. The average Bonchev–Trinajstić information content (AvgIpc) is 3.05. The molecule has 0 saturated carbocycles. The molecule has 4 rings (SSSR count). The fourth-order valence-corrected chi connectivity index (χ4v) is 4.84. The molecule has 0 N–H and O–H groups in total. The van der Waals surface area contributed by atoms with E-state index in [1.54, 1.807) is 0 Å². The van der Waals surface area contributed by atoms with E-state index in [1.165, 1.54) is 54.4 Å². The van der Waals surface area contributed by atoms with Crippen molar-refractivity contribution >= 4 is 33.5 Å². The van der Waals surface area contributed by atoms with Crippen LogP contribution in [0, 0.1) is 11.8 Å². The highest BCUT2D eigenvalue weighted by molar-refractivity contribution is 6.19. The first-order valence-corrected chi connectivity index (χ1v) is 10.9. The number of carbonyl (C=O) groups excluding carboxylic acids is 1. The molecule has 1 aromatic heterocycles. The van der Waals surface area contributed by atoms with Crippen LogP contribution in [0.25, 0.3) is 21.8 Å². The summed E-state index contributed by atoms with van der Waals surface area (Å²) in [5, 5.41) is 6.89. The maximum Gasteiger partial charge on any atom is 0.331 e. The number of nitrogens with zero attached hydrogens (tertiary/aromatic N) is 2. The van der Waals surface area contributed by atoms with Crippen molar-refractivity contribution < 1.29 is 9.63 Å². The second-order valence-corrected chi connectivity index (χ2v) is 8.24. The van der Waals surface area contributed by atoms with Crippen LogP contribution in [0.15, 0.2) is 47.6 Å². The minimum atomic E-state index is -0.368. The average molecular weight is 391 g/mol. The smallest absolute Gasteiger partial charge is 0.331 e. The Morgan fingerprint density at radius 2 is 1.97 bits per heavy atom. The number of unbranched alkanes of at least 4 members (excludes halogenated alkanes) is 1. The lowest BCUT2D eigenvalue weighted by Crippen LogP contribution is -2.29. The molecular weight excluding hydrogens is 360 g/mol. The minimum Gasteiger partial charge on any atom is -0.339 e. The molecule has 152 valence electrons. The fourth-order valence-electron chi connectivity index (χ4n) is 4.84. The highest BCUT2D eigenvalue weighted by Gasteiger charge is 2.31. The number of carbonyl (C=O) groups is 1. The number of hydrogen-bond acceptors (Lipinski definition) is 3. The van der Waals surface area contributed by atoms with E-state index in [9.17, 15) is 4.79 Å². The van der Waals surface area contributed by atoms with Gasteiger partial charge in [0.15, 0.2) is 0 Å². The van der Waals surface area contributed by atoms with Gasteiger partial charge in [0.2, 0.25) is 0 Å². The Balaban J connectivity index is 1.83. The van der Waals surface area contributed by atoms with Crippen molar-refractivity contribution in [1.29, 1.82) is 0 Å². The van der Waals surface area contributed by atoms with Crippen LogP contribution in [0.2, 0.25) is 0 Å². The zero-order chi connectivity index (χ0) is 20.4. The molecule has 0 aliphatic carbocycles. The summed E-state index contributed by atoms with van der Waals surface area (Å²) in [6.45, 7) is 6.82. The Hall–Kier alpha value is -2.62. The third kappa shape index (κ3) is 3.68. The Morgan fingerprint density at radius 1 is 1.17 bits per heavy atom. The van der Waals surface area contributed by atoms with Crippen molar-refractivity contribution in [3.05, 3.63) is 48.0 Å². The lowest BCUT2D eigenvalue weighted by atomic mass is 9.82. The molecule has 3 aromatic rings. The van der Waals surface area contributed by atoms with Gasteiger partial charge in [0.1, 0.15) is 0 Å². The molecular formula is C25H30N2O2. The van der Waals surface area contributed by atoms with Crippen molar-refractivity contribution in [2.45, 2.75) is 59.4 Å². The van der Waals surface area contributed by atoms with E-state index in [4.69, 9.17) is 4.84 Å². The predicted molar refractivity (Wildman–Crippen MR) is 119 cm³/mol. The highest BCUT2D eigenvalue weighted by atomic mass is 16.7. The Bertz CT molecular complexity index is 1060. The van der Waals surface area contributed by atoms with Crippen LogP contribution in [-0.4, -0.2) is 16.2 Å². The molecule has 0 saturated heterocycles. The topological polar surface area (TPSA) is 43.6 Å². The molecule has 1 aliphatic rings. The van der Waals surface area contributed by atoms with E-state index in [0.717, 1.165) is 24.2 Å². The van der Waals surface area contributed by atoms with Crippen molar-refractivity contribution in [2.24, 2.45) is 17.0 Å². The number of aromatic nitrogens is 1. The lowest BCUT2D eigenvalue weighted by Gasteiger charge is -2.29. The minimum absolute atomic E-state index is 0.241. The summed E-state index contributed by atoms with van der Waals surface area (Å²) in [6.07, 6.45) is 5.96. The van der Waals surface area contributed by atoms with Gasteiger partial charge >= 0.3 is 5.97 Å². The quantitative estimate of drug-likeness (QED) is 0.351. The third-order valence-corrected chi connectivity index (χ3v) is 6.29. The summed E-state index contributed by atoms with van der Waals surface area (Å²) < 4.78 is 2.45. The van der Waals surface area contributed by atoms with Crippen LogP contribution in [0.1, 0.15) is 58.4 Å². The largest absolute Gasteiger partial charge is 0.339 e. The molecule has 0 fully saturated rings. The summed E-state index contributed by atoms with van der Waals surface area (Å²) in [5.74, 6) is 0.530. The second-order valence-electron chi connectivity index (χ2n) is 8.24. The van der Waals surface area contributed by atoms with Gasteiger partial charge in [-0.3, -0.25) is 0 Å². The van der Waals surface area contributed by atoms with Crippen LogP contribution in [0.4, 0.5) is 0 Å². The molecule has 4 heteroatoms. The zero-order valence-corrected chi connectivity index (χ0v) is 17.6. The van der Waals surface area contributed by atoms with Crippen molar-refractivity contribution in [3.8, 4) is 0 Å². The van der Waals surface area contributed by atoms with Gasteiger partial charge in [0.05, 0.1) is 11.2 Å². The van der Waals surface area contributed by atoms with Crippen molar-refractivity contribution in [1.82, 2.24) is 4.57 Å². The molecule has 2 unspecified atom stereocenters. The van der Waals surface area contributed by atoms with Gasteiger partial charge in [-0.25, -0.2) is 4.79 Å². The summed E-state index contributed by atoms with van der Waals surface area (Å²) in [7, 11) is 0. The molecule has 29 heavy (non-hydrogen) atoms. The molecule has 0 spiro atoms. The Morgan fingerprint density at radius 3 is 2.72 bits per heavy atom. The molecule has 2 heterocycles. The molecule has 0 radical (unpaired) electrons. The van der Waals surface area contributed by atoms with E-state index in [-0.39, 0.29) is 11.9 Å². The SMILES string of the molecule is CCCCC(CC)CC1Cn2c3ccccc3c3cccc(c32)/C1=N/OC(C)=O. The van der Waals surface area contributed by atoms with Gasteiger partial charge in [-0.1, -0.05) is 81.1 Å². The van der Waals surface area contributed by atoms with Gasteiger partial charge in [0.25, 0.3) is 0 Å². The maximum absolute atomic E-state index is 11.5. The lowest BCUT2D eigenvalue weighted by molar-refractivity contribution is -0.140. The van der Waals surface area contributed by atoms with Crippen LogP contribution >= 0.6 is 0 Å². The highest BCUT2D eigenvalue weighted by Crippen LogP contribution is 2.38. The number of para-hydroxylation sites is 2. The van der Waals surface area contributed by atoms with E-state index >= 15 is 0 Å². The first-order valence-electron chi connectivity index (χ1n) is 10.9. The van der Waals surface area contributed by atoms with Gasteiger partial charge in [-0.05, 0) is 18.4 Å². The maximum atomic E-state index is 11.5. The Labute approximate surface area is 172 Å². The van der Waals surface area contributed by atoms with E-state index in [2.05, 4.69) is 66.0 Å². The molecule has 4 nitrogen and oxygen atoms in total. The number of benzene rings is 2. The fraction of sp³-hybridized carbons (Fsp3) is 0.440. The zero-order valence-electron chi connectivity index (χ0n) is 17.6. The van der Waals surface area contributed by atoms with Crippen LogP contribution < -0.4 is 0 Å². The third-order valence-electron chi connectivity index (χ3n) is 6.29. The van der Waals surface area contributed by atoms with Gasteiger partial charge in [0, 0.05) is 41.2 Å². The number of oxime groups is 1. The van der Waals surface area contributed by atoms with Crippen molar-refractivity contribution in [2.75, 3.05) is 0 Å². The molecule has 1 aliphatic heterocycles. The first kappa shape index (κ1) is 19.7. The van der Waals surface area contributed by atoms with Crippen LogP contribution in [-0.2, 0) is 16.2 Å². The van der Waals surface area contributed by atoms with E-state index in [1.807, 2.05) is 0 Å². The van der Waals surface area contributed by atoms with Crippen LogP contribution in [0.5, 0.6) is 0 Å². The van der Waals surface area contributed by atoms with Gasteiger partial charge in [-0.2, -0.15) is 0 Å². The first-order chi connectivity index (χ1) is 14.1. The number of hydrogen-bond donors (Lipinski definition) is 0. The molecule has 0 amide bonds. The molecule has 2 aromatic carbocycles. The summed E-state index contributed by atoms with van der Waals surface area (Å²) >= 11 is 0. The normalized spacial score (nSPS) is 18.4. The van der Waals surface area contributed by atoms with Gasteiger partial charge in [-0.15, -0.1) is 0 Å². The standard InChI is InChI=1S/C25H30N2O2/c1-4-6-10-18(5-2)15-19-16-27-23-14-8-7-11-20(23)21-12-9-13-22(25(21)27)24(19)26-29-17(3)28/h7-9,11-14,18-19H,4-6,10,15-16H2,1-3H3/b26-24+. The van der Waals surface area contributed by atoms with E-state index in [0.29, 0.717) is 5.92 Å². The van der Waals surface area contributed by atoms with Crippen LogP contribution in [0.3, 0.4) is 0 Å². The van der Waals surface area contributed by atoms with Crippen molar-refractivity contribution in [3.63, 3.8) is 0 Å². The number of rotatable bonds is 7. The number of fused-ring (bicyclic) bond motifs is 3. The summed E-state index contributed by atoms with van der Waals surface area (Å²) in [4.78, 5) is 16.7.